The van der Waals surface area contributed by atoms with E-state index >= 15 is 0 Å². The van der Waals surface area contributed by atoms with Crippen LogP contribution in [0.4, 0.5) is 18.0 Å². The number of hydrogen-bond acceptors (Lipinski definition) is 1. The zero-order chi connectivity index (χ0) is 12.6. The molecule has 0 saturated carbocycles. The van der Waals surface area contributed by atoms with Gasteiger partial charge in [-0.25, -0.2) is 4.79 Å². The molecule has 1 N–H and O–H groups in total. The first kappa shape index (κ1) is 11.8. The van der Waals surface area contributed by atoms with E-state index in [2.05, 4.69) is 5.32 Å². The van der Waals surface area contributed by atoms with E-state index in [-0.39, 0.29) is 12.1 Å². The molecule has 92 valence electrons. The number of benzene rings is 1. The predicted molar refractivity (Wildman–Crippen MR) is 55.3 cm³/mol. The molecular formula is C11H11F3N2O. The molecule has 1 aromatic carbocycles. The number of urea groups is 1. The molecule has 0 radical (unpaired) electrons. The molecule has 0 bridgehead atoms. The van der Waals surface area contributed by atoms with Gasteiger partial charge in [0.2, 0.25) is 0 Å². The van der Waals surface area contributed by atoms with Crippen molar-refractivity contribution < 1.29 is 18.0 Å². The van der Waals surface area contributed by atoms with Crippen molar-refractivity contribution in [2.45, 2.75) is 12.2 Å². The third-order valence-electron chi connectivity index (χ3n) is 2.83. The predicted octanol–water partition coefficient (Wildman–Crippen LogP) is 2.40. The first-order chi connectivity index (χ1) is 7.89. The molecule has 0 spiro atoms. The minimum Gasteiger partial charge on any atom is -0.336 e. The normalized spacial score (nSPS) is 20.6. The van der Waals surface area contributed by atoms with Crippen molar-refractivity contribution in [3.05, 3.63) is 35.4 Å². The second kappa shape index (κ2) is 3.94. The number of carbonyl (C=O) groups is 1. The van der Waals surface area contributed by atoms with Crippen LogP contribution in [0.15, 0.2) is 24.3 Å². The number of hydrogen-bond donors (Lipinski definition) is 1. The van der Waals surface area contributed by atoms with Crippen molar-refractivity contribution in [1.82, 2.24) is 10.2 Å². The zero-order valence-corrected chi connectivity index (χ0v) is 9.08. The van der Waals surface area contributed by atoms with Crippen LogP contribution < -0.4 is 5.32 Å². The summed E-state index contributed by atoms with van der Waals surface area (Å²) in [7, 11) is 1.56. The molecule has 3 nitrogen and oxygen atoms in total. The lowest BCUT2D eigenvalue weighted by atomic mass is 10.0. The van der Waals surface area contributed by atoms with Crippen LogP contribution in [0.1, 0.15) is 17.2 Å². The lowest BCUT2D eigenvalue weighted by Crippen LogP contribution is -2.25. The first-order valence-corrected chi connectivity index (χ1v) is 5.07. The number of nitrogens with zero attached hydrogens (tertiary/aromatic N) is 1. The summed E-state index contributed by atoms with van der Waals surface area (Å²) in [6.07, 6.45) is -4.36. The molecule has 1 saturated heterocycles. The van der Waals surface area contributed by atoms with Crippen LogP contribution in [0, 0.1) is 0 Å². The van der Waals surface area contributed by atoms with Gasteiger partial charge in [-0.2, -0.15) is 13.2 Å². The van der Waals surface area contributed by atoms with Crippen molar-refractivity contribution in [1.29, 1.82) is 0 Å². The molecule has 2 amide bonds. The van der Waals surface area contributed by atoms with Gasteiger partial charge in [0.15, 0.2) is 0 Å². The Kier molecular flexibility index (Phi) is 2.73. The molecule has 1 aliphatic heterocycles. The van der Waals surface area contributed by atoms with Crippen LogP contribution in [-0.2, 0) is 6.18 Å². The quantitative estimate of drug-likeness (QED) is 0.808. The van der Waals surface area contributed by atoms with Crippen molar-refractivity contribution in [2.75, 3.05) is 13.6 Å². The van der Waals surface area contributed by atoms with Gasteiger partial charge in [-0.05, 0) is 17.7 Å². The van der Waals surface area contributed by atoms with Gasteiger partial charge >= 0.3 is 12.2 Å². The van der Waals surface area contributed by atoms with Crippen LogP contribution in [-0.4, -0.2) is 24.5 Å². The van der Waals surface area contributed by atoms with E-state index in [9.17, 15) is 18.0 Å². The molecule has 0 aromatic heterocycles. The highest BCUT2D eigenvalue weighted by Crippen LogP contribution is 2.32. The number of alkyl halides is 3. The molecule has 2 rings (SSSR count). The van der Waals surface area contributed by atoms with Crippen LogP contribution in [0.25, 0.3) is 0 Å². The second-order valence-electron chi connectivity index (χ2n) is 3.94. The van der Waals surface area contributed by atoms with E-state index in [1.54, 1.807) is 13.1 Å². The van der Waals surface area contributed by atoms with Crippen molar-refractivity contribution in [3.8, 4) is 0 Å². The zero-order valence-electron chi connectivity index (χ0n) is 9.08. The van der Waals surface area contributed by atoms with Gasteiger partial charge in [-0.15, -0.1) is 0 Å². The molecule has 0 aliphatic carbocycles. The van der Waals surface area contributed by atoms with Crippen molar-refractivity contribution in [2.24, 2.45) is 0 Å². The molecule has 1 aliphatic rings. The largest absolute Gasteiger partial charge is 0.416 e. The Morgan fingerprint density at radius 2 is 2.12 bits per heavy atom. The Morgan fingerprint density at radius 3 is 2.65 bits per heavy atom. The Balaban J connectivity index is 2.31. The number of carbonyl (C=O) groups excluding carboxylic acids is 1. The minimum absolute atomic E-state index is 0.271. The fourth-order valence-electron chi connectivity index (χ4n) is 1.85. The van der Waals surface area contributed by atoms with Crippen molar-refractivity contribution >= 4 is 6.03 Å². The highest BCUT2D eigenvalue weighted by molar-refractivity contribution is 5.76. The van der Waals surface area contributed by atoms with Gasteiger partial charge < -0.3 is 10.2 Å². The van der Waals surface area contributed by atoms with E-state index < -0.39 is 11.7 Å². The molecule has 1 fully saturated rings. The Labute approximate surface area is 96.2 Å². The molecule has 1 atom stereocenters. The Hall–Kier alpha value is -1.72. The number of amides is 2. The van der Waals surface area contributed by atoms with E-state index in [1.165, 1.54) is 11.0 Å². The molecule has 1 aromatic rings. The van der Waals surface area contributed by atoms with E-state index in [1.807, 2.05) is 0 Å². The maximum atomic E-state index is 12.5. The third kappa shape index (κ3) is 2.20. The SMILES string of the molecule is CN1C(=O)NCC1c1cccc(C(F)(F)F)c1. The Morgan fingerprint density at radius 1 is 1.41 bits per heavy atom. The Bertz CT molecular complexity index is 445. The highest BCUT2D eigenvalue weighted by atomic mass is 19.4. The lowest BCUT2D eigenvalue weighted by molar-refractivity contribution is -0.137. The van der Waals surface area contributed by atoms with Gasteiger partial charge in [-0.1, -0.05) is 12.1 Å². The van der Waals surface area contributed by atoms with E-state index in [0.717, 1.165) is 12.1 Å². The summed E-state index contributed by atoms with van der Waals surface area (Å²) in [5.41, 5.74) is -0.205. The van der Waals surface area contributed by atoms with Gasteiger partial charge in [0.1, 0.15) is 0 Å². The monoisotopic (exact) mass is 244 g/mol. The standard InChI is InChI=1S/C11H11F3N2O/c1-16-9(6-15-10(16)17)7-3-2-4-8(5-7)11(12,13)14/h2-5,9H,6H2,1H3,(H,15,17). The minimum atomic E-state index is -4.36. The van der Waals surface area contributed by atoms with Gasteiger partial charge in [0.05, 0.1) is 11.6 Å². The second-order valence-corrected chi connectivity index (χ2v) is 3.94. The fourth-order valence-corrected chi connectivity index (χ4v) is 1.85. The highest BCUT2D eigenvalue weighted by Gasteiger charge is 2.33. The molecular weight excluding hydrogens is 233 g/mol. The van der Waals surface area contributed by atoms with Gasteiger partial charge in [0, 0.05) is 13.6 Å². The molecule has 6 heteroatoms. The number of halogens is 3. The van der Waals surface area contributed by atoms with Crippen LogP contribution in [0.5, 0.6) is 0 Å². The van der Waals surface area contributed by atoms with E-state index in [4.69, 9.17) is 0 Å². The summed E-state index contributed by atoms with van der Waals surface area (Å²) < 4.78 is 37.6. The molecule has 1 unspecified atom stereocenters. The van der Waals surface area contributed by atoms with Gasteiger partial charge in [0.25, 0.3) is 0 Å². The fraction of sp³-hybridized carbons (Fsp3) is 0.364. The molecule has 1 heterocycles. The van der Waals surface area contributed by atoms with Gasteiger partial charge in [-0.3, -0.25) is 0 Å². The maximum absolute atomic E-state index is 12.5. The average molecular weight is 244 g/mol. The summed E-state index contributed by atoms with van der Waals surface area (Å²) >= 11 is 0. The summed E-state index contributed by atoms with van der Waals surface area (Å²) in [6.45, 7) is 0.330. The smallest absolute Gasteiger partial charge is 0.336 e. The van der Waals surface area contributed by atoms with E-state index in [0.29, 0.717) is 12.1 Å². The number of likely N-dealkylation sites (N-methyl/N-ethyl adjacent to an activating group) is 1. The summed E-state index contributed by atoms with van der Waals surface area (Å²) in [5, 5.41) is 2.58. The molecule has 17 heavy (non-hydrogen) atoms. The third-order valence-corrected chi connectivity index (χ3v) is 2.83. The average Bonchev–Trinajstić information content (AvgIpc) is 2.59. The summed E-state index contributed by atoms with van der Waals surface area (Å²) in [4.78, 5) is 12.6. The lowest BCUT2D eigenvalue weighted by Gasteiger charge is -2.19. The van der Waals surface area contributed by atoms with Crippen LogP contribution in [0.2, 0.25) is 0 Å². The number of nitrogens with one attached hydrogen (secondary N) is 1. The van der Waals surface area contributed by atoms with Crippen LogP contribution in [0.3, 0.4) is 0 Å². The number of rotatable bonds is 1. The summed E-state index contributed by atoms with van der Waals surface area (Å²) in [5.74, 6) is 0. The van der Waals surface area contributed by atoms with Crippen LogP contribution >= 0.6 is 0 Å². The maximum Gasteiger partial charge on any atom is 0.416 e. The first-order valence-electron chi connectivity index (χ1n) is 5.07. The summed E-state index contributed by atoms with van der Waals surface area (Å²) in [6, 6.07) is 4.44. The van der Waals surface area contributed by atoms with Crippen molar-refractivity contribution in [3.63, 3.8) is 0 Å². The topological polar surface area (TPSA) is 32.3 Å².